The highest BCUT2D eigenvalue weighted by atomic mass is 35.5. The number of hydrogen-bond donors (Lipinski definition) is 1. The molecule has 0 spiro atoms. The smallest absolute Gasteiger partial charge is 0.359 e. The van der Waals surface area contributed by atoms with Gasteiger partial charge in [-0.3, -0.25) is 4.79 Å². The minimum absolute atomic E-state index is 0.0609. The van der Waals surface area contributed by atoms with Gasteiger partial charge in [-0.1, -0.05) is 23.7 Å². The van der Waals surface area contributed by atoms with Gasteiger partial charge in [0.1, 0.15) is 0 Å². The summed E-state index contributed by atoms with van der Waals surface area (Å²) in [5.41, 5.74) is 1.56. The van der Waals surface area contributed by atoms with E-state index in [0.717, 1.165) is 5.56 Å². The Hall–Kier alpha value is -1.79. The number of ether oxygens (including phenoxy) is 1. The van der Waals surface area contributed by atoms with Gasteiger partial charge in [0.25, 0.3) is 5.56 Å². The molecule has 1 aromatic heterocycles. The third-order valence-corrected chi connectivity index (χ3v) is 5.04. The lowest BCUT2D eigenvalue weighted by molar-refractivity contribution is 0.0513. The molecule has 1 aromatic carbocycles. The second-order valence-electron chi connectivity index (χ2n) is 4.79. The Balaban J connectivity index is 1.96. The third-order valence-electron chi connectivity index (χ3n) is 3.39. The van der Waals surface area contributed by atoms with Gasteiger partial charge in [0, 0.05) is 15.8 Å². The Kier molecular flexibility index (Phi) is 4.22. The predicted octanol–water partition coefficient (Wildman–Crippen LogP) is 2.99. The van der Waals surface area contributed by atoms with Crippen LogP contribution < -0.4 is 5.56 Å². The van der Waals surface area contributed by atoms with Crippen LogP contribution in [0.2, 0.25) is 5.02 Å². The molecular formula is C15H13ClN2O3S. The fourth-order valence-electron chi connectivity index (χ4n) is 2.35. The molecule has 0 aliphatic carbocycles. The van der Waals surface area contributed by atoms with Crippen LogP contribution in [0.25, 0.3) is 0 Å². The number of nitrogens with zero attached hydrogens (tertiary/aromatic N) is 1. The number of aromatic amines is 1. The zero-order valence-electron chi connectivity index (χ0n) is 11.8. The zero-order valence-corrected chi connectivity index (χ0v) is 13.3. The van der Waals surface area contributed by atoms with E-state index in [1.54, 1.807) is 6.92 Å². The standard InChI is InChI=1S/C15H13ClN2O3S/c1-2-21-15(20)12-13-10(14(19)18-17-12)7-11(22-13)8-3-5-9(16)6-4-8/h3-6,11H,2,7H2,1H3,(H,18,19). The molecular weight excluding hydrogens is 324 g/mol. The lowest BCUT2D eigenvalue weighted by Gasteiger charge is -2.08. The number of benzene rings is 1. The zero-order chi connectivity index (χ0) is 15.7. The van der Waals surface area contributed by atoms with Crippen LogP contribution in [-0.4, -0.2) is 22.8 Å². The van der Waals surface area contributed by atoms with Gasteiger partial charge in [-0.15, -0.1) is 11.8 Å². The minimum atomic E-state index is -0.515. The van der Waals surface area contributed by atoms with Gasteiger partial charge in [-0.2, -0.15) is 5.10 Å². The number of H-pyrrole nitrogens is 1. The molecule has 1 N–H and O–H groups in total. The maximum Gasteiger partial charge on any atom is 0.359 e. The first-order chi connectivity index (χ1) is 10.6. The van der Waals surface area contributed by atoms with Gasteiger partial charge in [-0.05, 0) is 31.0 Å². The number of thioether (sulfide) groups is 1. The number of nitrogens with one attached hydrogen (secondary N) is 1. The van der Waals surface area contributed by atoms with Crippen LogP contribution in [-0.2, 0) is 11.2 Å². The van der Waals surface area contributed by atoms with Crippen molar-refractivity contribution in [1.29, 1.82) is 0 Å². The molecule has 2 heterocycles. The lowest BCUT2D eigenvalue weighted by atomic mass is 10.1. The van der Waals surface area contributed by atoms with E-state index in [2.05, 4.69) is 10.2 Å². The quantitative estimate of drug-likeness (QED) is 0.872. The summed E-state index contributed by atoms with van der Waals surface area (Å²) in [6.45, 7) is 1.99. The topological polar surface area (TPSA) is 72.0 Å². The first-order valence-electron chi connectivity index (χ1n) is 6.81. The minimum Gasteiger partial charge on any atom is -0.461 e. The normalized spacial score (nSPS) is 16.4. The van der Waals surface area contributed by atoms with Crippen molar-refractivity contribution in [1.82, 2.24) is 10.2 Å². The van der Waals surface area contributed by atoms with Crippen LogP contribution >= 0.6 is 23.4 Å². The fraction of sp³-hybridized carbons (Fsp3) is 0.267. The van der Waals surface area contributed by atoms with Crippen molar-refractivity contribution >= 4 is 29.3 Å². The van der Waals surface area contributed by atoms with E-state index >= 15 is 0 Å². The molecule has 3 rings (SSSR count). The van der Waals surface area contributed by atoms with E-state index in [9.17, 15) is 9.59 Å². The molecule has 0 bridgehead atoms. The van der Waals surface area contributed by atoms with Crippen LogP contribution in [0.3, 0.4) is 0 Å². The van der Waals surface area contributed by atoms with Gasteiger partial charge in [0.15, 0.2) is 5.69 Å². The maximum atomic E-state index is 12.0. The summed E-state index contributed by atoms with van der Waals surface area (Å²) >= 11 is 7.36. The monoisotopic (exact) mass is 336 g/mol. The molecule has 1 aliphatic rings. The maximum absolute atomic E-state index is 12.0. The van der Waals surface area contributed by atoms with Crippen molar-refractivity contribution in [2.24, 2.45) is 0 Å². The number of carbonyl (C=O) groups is 1. The molecule has 114 valence electrons. The largest absolute Gasteiger partial charge is 0.461 e. The number of rotatable bonds is 3. The summed E-state index contributed by atoms with van der Waals surface area (Å²) in [6.07, 6.45) is 0.548. The molecule has 2 aromatic rings. The second kappa shape index (κ2) is 6.14. The molecule has 0 saturated carbocycles. The molecule has 22 heavy (non-hydrogen) atoms. The summed E-state index contributed by atoms with van der Waals surface area (Å²) in [5, 5.41) is 6.96. The van der Waals surface area contributed by atoms with Crippen molar-refractivity contribution in [2.45, 2.75) is 23.5 Å². The number of carbonyl (C=O) groups excluding carboxylic acids is 1. The Bertz CT molecular complexity index is 773. The molecule has 7 heteroatoms. The molecule has 1 aliphatic heterocycles. The van der Waals surface area contributed by atoms with E-state index < -0.39 is 5.97 Å². The molecule has 0 radical (unpaired) electrons. The van der Waals surface area contributed by atoms with Gasteiger partial charge >= 0.3 is 5.97 Å². The number of esters is 1. The lowest BCUT2D eigenvalue weighted by Crippen LogP contribution is -2.19. The summed E-state index contributed by atoms with van der Waals surface area (Å²) in [7, 11) is 0. The third kappa shape index (κ3) is 2.76. The number of fused-ring (bicyclic) bond motifs is 1. The number of halogens is 1. The molecule has 0 amide bonds. The van der Waals surface area contributed by atoms with Crippen molar-refractivity contribution in [3.05, 3.63) is 56.5 Å². The van der Waals surface area contributed by atoms with Crippen molar-refractivity contribution in [3.8, 4) is 0 Å². The van der Waals surface area contributed by atoms with Gasteiger partial charge < -0.3 is 4.74 Å². The van der Waals surface area contributed by atoms with E-state index in [1.165, 1.54) is 11.8 Å². The van der Waals surface area contributed by atoms with E-state index in [-0.39, 0.29) is 23.1 Å². The Morgan fingerprint density at radius 1 is 1.45 bits per heavy atom. The van der Waals surface area contributed by atoms with Crippen LogP contribution in [0, 0.1) is 0 Å². The first kappa shape index (κ1) is 15.1. The highest BCUT2D eigenvalue weighted by Crippen LogP contribution is 2.46. The first-order valence-corrected chi connectivity index (χ1v) is 8.06. The van der Waals surface area contributed by atoms with Crippen molar-refractivity contribution < 1.29 is 9.53 Å². The fourth-order valence-corrected chi connectivity index (χ4v) is 3.87. The van der Waals surface area contributed by atoms with E-state index in [1.807, 2.05) is 24.3 Å². The van der Waals surface area contributed by atoms with Gasteiger partial charge in [0.05, 0.1) is 11.5 Å². The van der Waals surface area contributed by atoms with Crippen LogP contribution in [0.5, 0.6) is 0 Å². The SMILES string of the molecule is CCOC(=O)c1n[nH]c(=O)c2c1SC(c1ccc(Cl)cc1)C2. The number of hydrogen-bond acceptors (Lipinski definition) is 5. The Morgan fingerprint density at radius 3 is 2.86 bits per heavy atom. The molecule has 1 unspecified atom stereocenters. The van der Waals surface area contributed by atoms with Crippen LogP contribution in [0.4, 0.5) is 0 Å². The van der Waals surface area contributed by atoms with Gasteiger partial charge in [0.2, 0.25) is 0 Å². The van der Waals surface area contributed by atoms with Crippen LogP contribution in [0.15, 0.2) is 34.0 Å². The summed E-state index contributed by atoms with van der Waals surface area (Å²) in [5.74, 6) is -0.515. The molecule has 5 nitrogen and oxygen atoms in total. The highest BCUT2D eigenvalue weighted by Gasteiger charge is 2.31. The summed E-state index contributed by atoms with van der Waals surface area (Å²) < 4.78 is 5.00. The van der Waals surface area contributed by atoms with Gasteiger partial charge in [-0.25, -0.2) is 9.89 Å². The molecule has 0 fully saturated rings. The molecule has 0 saturated heterocycles. The van der Waals surface area contributed by atoms with Crippen molar-refractivity contribution in [3.63, 3.8) is 0 Å². The summed E-state index contributed by atoms with van der Waals surface area (Å²) in [4.78, 5) is 24.5. The average molecular weight is 337 g/mol. The van der Waals surface area contributed by atoms with Crippen molar-refractivity contribution in [2.75, 3.05) is 6.61 Å². The predicted molar refractivity (Wildman–Crippen MR) is 84.6 cm³/mol. The highest BCUT2D eigenvalue weighted by molar-refractivity contribution is 8.00. The Labute approximate surface area is 136 Å². The second-order valence-corrected chi connectivity index (χ2v) is 6.44. The average Bonchev–Trinajstić information content (AvgIpc) is 2.94. The van der Waals surface area contributed by atoms with E-state index in [0.29, 0.717) is 21.9 Å². The summed E-state index contributed by atoms with van der Waals surface area (Å²) in [6, 6.07) is 7.49. The number of aromatic nitrogens is 2. The Morgan fingerprint density at radius 2 is 2.18 bits per heavy atom. The van der Waals surface area contributed by atoms with Crippen LogP contribution in [0.1, 0.15) is 33.8 Å². The van der Waals surface area contributed by atoms with E-state index in [4.69, 9.17) is 16.3 Å². The molecule has 1 atom stereocenters.